The van der Waals surface area contributed by atoms with Gasteiger partial charge in [-0.25, -0.2) is 4.68 Å². The van der Waals surface area contributed by atoms with Crippen LogP contribution in [0, 0.1) is 0 Å². The van der Waals surface area contributed by atoms with Crippen LogP contribution in [-0.4, -0.2) is 33.0 Å². The van der Waals surface area contributed by atoms with Gasteiger partial charge in [-0.2, -0.15) is 5.10 Å². The maximum Gasteiger partial charge on any atom is 0.226 e. The molecule has 0 fully saturated rings. The third-order valence-corrected chi connectivity index (χ3v) is 4.75. The van der Waals surface area contributed by atoms with Gasteiger partial charge in [0.1, 0.15) is 0 Å². The Hall–Kier alpha value is -2.93. The molecule has 6 nitrogen and oxygen atoms in total. The van der Waals surface area contributed by atoms with E-state index in [1.165, 1.54) is 6.92 Å². The van der Waals surface area contributed by atoms with E-state index in [4.69, 9.17) is 0 Å². The fourth-order valence-corrected chi connectivity index (χ4v) is 3.18. The summed E-state index contributed by atoms with van der Waals surface area (Å²) < 4.78 is 2.55. The number of aromatic nitrogens is 2. The van der Waals surface area contributed by atoms with Gasteiger partial charge in [-0.1, -0.05) is 46.3 Å². The van der Waals surface area contributed by atoms with E-state index in [1.807, 2.05) is 60.8 Å². The van der Waals surface area contributed by atoms with E-state index in [0.717, 1.165) is 15.7 Å². The van der Waals surface area contributed by atoms with Gasteiger partial charge >= 0.3 is 0 Å². The van der Waals surface area contributed by atoms with Crippen molar-refractivity contribution < 1.29 is 9.59 Å². The van der Waals surface area contributed by atoms with Crippen molar-refractivity contribution >= 4 is 33.4 Å². The number of nitrogens with one attached hydrogen (secondary N) is 1. The Bertz CT molecular complexity index is 942. The van der Waals surface area contributed by atoms with Crippen LogP contribution in [0.25, 0.3) is 5.69 Å². The second kappa shape index (κ2) is 9.32. The Morgan fingerprint density at radius 3 is 2.61 bits per heavy atom. The summed E-state index contributed by atoms with van der Waals surface area (Å²) in [5.41, 5.74) is 2.46. The minimum atomic E-state index is -0.161. The van der Waals surface area contributed by atoms with E-state index in [9.17, 15) is 9.59 Å². The zero-order valence-corrected chi connectivity index (χ0v) is 17.1. The van der Waals surface area contributed by atoms with Crippen LogP contribution in [-0.2, 0) is 16.1 Å². The van der Waals surface area contributed by atoms with E-state index in [0.29, 0.717) is 18.8 Å². The average molecular weight is 441 g/mol. The van der Waals surface area contributed by atoms with Gasteiger partial charge in [-0.05, 0) is 29.8 Å². The summed E-state index contributed by atoms with van der Waals surface area (Å²) in [7, 11) is 0. The molecule has 0 unspecified atom stereocenters. The first-order chi connectivity index (χ1) is 13.5. The number of hydrogen-bond acceptors (Lipinski definition) is 3. The van der Waals surface area contributed by atoms with Gasteiger partial charge in [0.15, 0.2) is 0 Å². The van der Waals surface area contributed by atoms with Crippen LogP contribution in [0.15, 0.2) is 71.5 Å². The monoisotopic (exact) mass is 440 g/mol. The standard InChI is InChI=1S/C21H21BrN4O2/c1-16(27)25(15-17-6-3-2-4-7-17)13-10-21(28)24-19-14-18(22)8-9-20(19)26-12-5-11-23-26/h2-9,11-12,14H,10,13,15H2,1H3,(H,24,28). The highest BCUT2D eigenvalue weighted by molar-refractivity contribution is 9.10. The molecule has 0 aliphatic carbocycles. The molecule has 0 saturated heterocycles. The van der Waals surface area contributed by atoms with Crippen molar-refractivity contribution in [1.29, 1.82) is 0 Å². The number of benzene rings is 2. The fraction of sp³-hybridized carbons (Fsp3) is 0.190. The molecular formula is C21H21BrN4O2. The molecule has 0 saturated carbocycles. The van der Waals surface area contributed by atoms with E-state index in [1.54, 1.807) is 15.8 Å². The van der Waals surface area contributed by atoms with E-state index >= 15 is 0 Å². The van der Waals surface area contributed by atoms with Crippen molar-refractivity contribution in [2.75, 3.05) is 11.9 Å². The first-order valence-corrected chi connectivity index (χ1v) is 9.71. The number of halogens is 1. The first-order valence-electron chi connectivity index (χ1n) is 8.92. The van der Waals surface area contributed by atoms with Gasteiger partial charge in [-0.3, -0.25) is 9.59 Å². The van der Waals surface area contributed by atoms with Crippen molar-refractivity contribution in [2.24, 2.45) is 0 Å². The number of anilines is 1. The summed E-state index contributed by atoms with van der Waals surface area (Å²) in [6, 6.07) is 17.2. The average Bonchev–Trinajstić information content (AvgIpc) is 3.20. The molecular weight excluding hydrogens is 420 g/mol. The number of rotatable bonds is 7. The van der Waals surface area contributed by atoms with E-state index < -0.39 is 0 Å². The van der Waals surface area contributed by atoms with Crippen molar-refractivity contribution in [3.8, 4) is 5.69 Å². The SMILES string of the molecule is CC(=O)N(CCC(=O)Nc1cc(Br)ccc1-n1cccn1)Cc1ccccc1. The zero-order chi connectivity index (χ0) is 19.9. The Balaban J connectivity index is 1.65. The van der Waals surface area contributed by atoms with Gasteiger partial charge in [-0.15, -0.1) is 0 Å². The van der Waals surface area contributed by atoms with Crippen molar-refractivity contribution in [2.45, 2.75) is 19.9 Å². The topological polar surface area (TPSA) is 67.2 Å². The number of hydrogen-bond donors (Lipinski definition) is 1. The van der Waals surface area contributed by atoms with Crippen molar-refractivity contribution in [3.05, 3.63) is 77.0 Å². The fourth-order valence-electron chi connectivity index (χ4n) is 2.82. The molecule has 144 valence electrons. The quantitative estimate of drug-likeness (QED) is 0.603. The van der Waals surface area contributed by atoms with Crippen LogP contribution in [0.4, 0.5) is 5.69 Å². The molecule has 1 N–H and O–H groups in total. The molecule has 0 aliphatic heterocycles. The lowest BCUT2D eigenvalue weighted by Gasteiger charge is -2.21. The van der Waals surface area contributed by atoms with Crippen LogP contribution in [0.3, 0.4) is 0 Å². The summed E-state index contributed by atoms with van der Waals surface area (Å²) in [6.45, 7) is 2.35. The normalized spacial score (nSPS) is 10.5. The van der Waals surface area contributed by atoms with Gasteiger partial charge < -0.3 is 10.2 Å². The number of carbonyl (C=O) groups excluding carboxylic acids is 2. The van der Waals surface area contributed by atoms with Crippen LogP contribution >= 0.6 is 15.9 Å². The molecule has 1 aromatic heterocycles. The summed E-state index contributed by atoms with van der Waals surface area (Å²) in [4.78, 5) is 26.2. The van der Waals surface area contributed by atoms with Crippen molar-refractivity contribution in [1.82, 2.24) is 14.7 Å². The summed E-state index contributed by atoms with van der Waals surface area (Å²) in [5.74, 6) is -0.220. The predicted octanol–water partition coefficient (Wildman–Crippen LogP) is 4.01. The molecule has 3 rings (SSSR count). The maximum absolute atomic E-state index is 12.5. The second-order valence-corrected chi connectivity index (χ2v) is 7.25. The number of nitrogens with zero attached hydrogens (tertiary/aromatic N) is 3. The Morgan fingerprint density at radius 2 is 1.93 bits per heavy atom. The Kier molecular flexibility index (Phi) is 6.60. The van der Waals surface area contributed by atoms with Crippen molar-refractivity contribution in [3.63, 3.8) is 0 Å². The molecule has 0 radical (unpaired) electrons. The second-order valence-electron chi connectivity index (χ2n) is 6.34. The molecule has 0 atom stereocenters. The summed E-state index contributed by atoms with van der Waals surface area (Å²) in [6.07, 6.45) is 3.70. The Labute approximate surface area is 172 Å². The molecule has 7 heteroatoms. The highest BCUT2D eigenvalue weighted by atomic mass is 79.9. The summed E-state index contributed by atoms with van der Waals surface area (Å²) >= 11 is 3.43. The minimum absolute atomic E-state index is 0.0589. The highest BCUT2D eigenvalue weighted by Gasteiger charge is 2.14. The lowest BCUT2D eigenvalue weighted by atomic mass is 10.2. The third kappa shape index (κ3) is 5.29. The highest BCUT2D eigenvalue weighted by Crippen LogP contribution is 2.24. The summed E-state index contributed by atoms with van der Waals surface area (Å²) in [5, 5.41) is 7.16. The van der Waals surface area contributed by atoms with E-state index in [-0.39, 0.29) is 18.2 Å². The van der Waals surface area contributed by atoms with Gasteiger partial charge in [0.25, 0.3) is 0 Å². The molecule has 0 bridgehead atoms. The number of amides is 2. The van der Waals surface area contributed by atoms with Crippen LogP contribution < -0.4 is 5.32 Å². The van der Waals surface area contributed by atoms with Crippen LogP contribution in [0.5, 0.6) is 0 Å². The maximum atomic E-state index is 12.5. The number of carbonyl (C=O) groups is 2. The van der Waals surface area contributed by atoms with E-state index in [2.05, 4.69) is 26.3 Å². The van der Waals surface area contributed by atoms with Gasteiger partial charge in [0.2, 0.25) is 11.8 Å². The van der Waals surface area contributed by atoms with Crippen LogP contribution in [0.1, 0.15) is 18.9 Å². The van der Waals surface area contributed by atoms with Crippen LogP contribution in [0.2, 0.25) is 0 Å². The predicted molar refractivity (Wildman–Crippen MR) is 112 cm³/mol. The molecule has 1 heterocycles. The molecule has 28 heavy (non-hydrogen) atoms. The minimum Gasteiger partial charge on any atom is -0.338 e. The zero-order valence-electron chi connectivity index (χ0n) is 15.5. The third-order valence-electron chi connectivity index (χ3n) is 4.25. The molecule has 2 amide bonds. The first kappa shape index (κ1) is 19.8. The molecule has 0 spiro atoms. The lowest BCUT2D eigenvalue weighted by Crippen LogP contribution is -2.31. The van der Waals surface area contributed by atoms with Gasteiger partial charge in [0.05, 0.1) is 11.4 Å². The Morgan fingerprint density at radius 1 is 1.14 bits per heavy atom. The smallest absolute Gasteiger partial charge is 0.226 e. The molecule has 2 aromatic carbocycles. The molecule has 0 aliphatic rings. The van der Waals surface area contributed by atoms with Gasteiger partial charge in [0, 0.05) is 43.3 Å². The molecule has 3 aromatic rings. The largest absolute Gasteiger partial charge is 0.338 e. The lowest BCUT2D eigenvalue weighted by molar-refractivity contribution is -0.129.